The molecule has 0 aliphatic heterocycles. The van der Waals surface area contributed by atoms with Crippen molar-refractivity contribution in [3.63, 3.8) is 0 Å². The third-order valence-corrected chi connectivity index (χ3v) is 1.49. The Hall–Kier alpha value is -0.120. The van der Waals surface area contributed by atoms with Gasteiger partial charge in [0.25, 0.3) is 0 Å². The van der Waals surface area contributed by atoms with Gasteiger partial charge in [0.05, 0.1) is 19.8 Å². The molecule has 0 bridgehead atoms. The zero-order valence-electron chi connectivity index (χ0n) is 9.14. The molecular weight excluding hydrogens is 166 g/mol. The van der Waals surface area contributed by atoms with Crippen LogP contribution in [0, 0.1) is 0 Å². The Bertz CT molecular complexity index is 110. The van der Waals surface area contributed by atoms with Gasteiger partial charge in [-0.2, -0.15) is 0 Å². The van der Waals surface area contributed by atoms with Crippen LogP contribution in [0.2, 0.25) is 0 Å². The van der Waals surface area contributed by atoms with Gasteiger partial charge in [0.1, 0.15) is 0 Å². The highest BCUT2D eigenvalue weighted by Gasteiger charge is 2.09. The van der Waals surface area contributed by atoms with Crippen molar-refractivity contribution in [2.24, 2.45) is 5.73 Å². The third kappa shape index (κ3) is 11.9. The molecular formula is C10H23NO2. The zero-order valence-corrected chi connectivity index (χ0v) is 9.14. The Kier molecular flexibility index (Phi) is 7.23. The Morgan fingerprint density at radius 1 is 1.08 bits per heavy atom. The summed E-state index contributed by atoms with van der Waals surface area (Å²) in [5.74, 6) is 0. The molecule has 0 rings (SSSR count). The van der Waals surface area contributed by atoms with Crippen LogP contribution < -0.4 is 5.73 Å². The highest BCUT2D eigenvalue weighted by atomic mass is 16.5. The highest BCUT2D eigenvalue weighted by Crippen LogP contribution is 1.96. The van der Waals surface area contributed by atoms with E-state index >= 15 is 0 Å². The lowest BCUT2D eigenvalue weighted by Gasteiger charge is -2.18. The summed E-state index contributed by atoms with van der Waals surface area (Å²) in [6.45, 7) is 8.79. The predicted octanol–water partition coefficient (Wildman–Crippen LogP) is 1.56. The fraction of sp³-hybridized carbons (Fsp3) is 1.00. The molecule has 0 radical (unpaired) electrons. The minimum absolute atomic E-state index is 0.233. The fourth-order valence-corrected chi connectivity index (χ4v) is 0.802. The number of rotatable bonds is 8. The lowest BCUT2D eigenvalue weighted by Crippen LogP contribution is -2.37. The molecule has 0 heterocycles. The van der Waals surface area contributed by atoms with Gasteiger partial charge in [-0.25, -0.2) is 0 Å². The van der Waals surface area contributed by atoms with Crippen LogP contribution in [0.1, 0.15) is 33.6 Å². The lowest BCUT2D eigenvalue weighted by atomic mass is 10.1. The van der Waals surface area contributed by atoms with E-state index in [-0.39, 0.29) is 5.54 Å². The minimum atomic E-state index is -0.233. The van der Waals surface area contributed by atoms with Crippen LogP contribution in [-0.2, 0) is 9.47 Å². The summed E-state index contributed by atoms with van der Waals surface area (Å²) in [5.41, 5.74) is 5.50. The largest absolute Gasteiger partial charge is 0.379 e. The molecule has 0 fully saturated rings. The lowest BCUT2D eigenvalue weighted by molar-refractivity contribution is 0.0318. The van der Waals surface area contributed by atoms with Crippen molar-refractivity contribution >= 4 is 0 Å². The van der Waals surface area contributed by atoms with Gasteiger partial charge in [-0.15, -0.1) is 0 Å². The molecule has 0 aromatic rings. The minimum Gasteiger partial charge on any atom is -0.379 e. The van der Waals surface area contributed by atoms with Gasteiger partial charge in [0, 0.05) is 12.1 Å². The van der Waals surface area contributed by atoms with Gasteiger partial charge in [-0.1, -0.05) is 13.3 Å². The Morgan fingerprint density at radius 3 is 2.23 bits per heavy atom. The second-order valence-corrected chi connectivity index (χ2v) is 4.01. The van der Waals surface area contributed by atoms with Crippen molar-refractivity contribution in [3.05, 3.63) is 0 Å². The van der Waals surface area contributed by atoms with Crippen LogP contribution in [0.15, 0.2) is 0 Å². The Labute approximate surface area is 81.6 Å². The third-order valence-electron chi connectivity index (χ3n) is 1.49. The van der Waals surface area contributed by atoms with Crippen molar-refractivity contribution in [2.75, 3.05) is 26.4 Å². The van der Waals surface area contributed by atoms with E-state index in [1.165, 1.54) is 6.42 Å². The molecule has 3 heteroatoms. The van der Waals surface area contributed by atoms with Crippen molar-refractivity contribution in [1.29, 1.82) is 0 Å². The van der Waals surface area contributed by atoms with Crippen LogP contribution in [0.25, 0.3) is 0 Å². The van der Waals surface area contributed by atoms with E-state index in [1.54, 1.807) is 0 Å². The highest BCUT2D eigenvalue weighted by molar-refractivity contribution is 4.69. The van der Waals surface area contributed by atoms with Crippen molar-refractivity contribution in [3.8, 4) is 0 Å². The summed E-state index contributed by atoms with van der Waals surface area (Å²) in [4.78, 5) is 0. The van der Waals surface area contributed by atoms with Crippen LogP contribution in [0.5, 0.6) is 0 Å². The van der Waals surface area contributed by atoms with Crippen LogP contribution in [0.3, 0.4) is 0 Å². The first-order valence-electron chi connectivity index (χ1n) is 5.00. The summed E-state index contributed by atoms with van der Waals surface area (Å²) in [6, 6.07) is 0. The number of nitrogens with two attached hydrogens (primary N) is 1. The standard InChI is InChI=1S/C10H23NO2/c1-4-5-6-12-7-8-13-9-10(2,3)11/h4-9,11H2,1-3H3. The molecule has 0 amide bonds. The molecule has 0 aliphatic rings. The maximum Gasteiger partial charge on any atom is 0.0701 e. The van der Waals surface area contributed by atoms with E-state index in [0.717, 1.165) is 13.0 Å². The van der Waals surface area contributed by atoms with E-state index < -0.39 is 0 Å². The molecule has 3 nitrogen and oxygen atoms in total. The van der Waals surface area contributed by atoms with Gasteiger partial charge in [0.15, 0.2) is 0 Å². The molecule has 0 aromatic carbocycles. The average molecular weight is 189 g/mol. The smallest absolute Gasteiger partial charge is 0.0701 e. The maximum atomic E-state index is 5.73. The fourth-order valence-electron chi connectivity index (χ4n) is 0.802. The summed E-state index contributed by atoms with van der Waals surface area (Å²) < 4.78 is 10.7. The van der Waals surface area contributed by atoms with E-state index in [2.05, 4.69) is 6.92 Å². The number of ether oxygens (including phenoxy) is 2. The SMILES string of the molecule is CCCCOCCOCC(C)(C)N. The van der Waals surface area contributed by atoms with E-state index in [9.17, 15) is 0 Å². The maximum absolute atomic E-state index is 5.73. The molecule has 0 saturated heterocycles. The first-order chi connectivity index (χ1) is 6.06. The predicted molar refractivity (Wildman–Crippen MR) is 54.8 cm³/mol. The van der Waals surface area contributed by atoms with E-state index in [1.807, 2.05) is 13.8 Å². The van der Waals surface area contributed by atoms with Gasteiger partial charge >= 0.3 is 0 Å². The number of hydrogen-bond donors (Lipinski definition) is 1. The van der Waals surface area contributed by atoms with Gasteiger partial charge in [-0.05, 0) is 20.3 Å². The van der Waals surface area contributed by atoms with Gasteiger partial charge in [-0.3, -0.25) is 0 Å². The zero-order chi connectivity index (χ0) is 10.2. The van der Waals surface area contributed by atoms with Crippen LogP contribution in [0.4, 0.5) is 0 Å². The van der Waals surface area contributed by atoms with Crippen molar-refractivity contribution in [2.45, 2.75) is 39.2 Å². The average Bonchev–Trinajstić information content (AvgIpc) is 2.01. The van der Waals surface area contributed by atoms with Gasteiger partial charge in [0.2, 0.25) is 0 Å². The molecule has 2 N–H and O–H groups in total. The monoisotopic (exact) mass is 189 g/mol. The topological polar surface area (TPSA) is 44.5 Å². The summed E-state index contributed by atoms with van der Waals surface area (Å²) in [7, 11) is 0. The Morgan fingerprint density at radius 2 is 1.69 bits per heavy atom. The molecule has 0 aromatic heterocycles. The second-order valence-electron chi connectivity index (χ2n) is 4.01. The first-order valence-corrected chi connectivity index (χ1v) is 5.00. The molecule has 13 heavy (non-hydrogen) atoms. The van der Waals surface area contributed by atoms with Crippen LogP contribution >= 0.6 is 0 Å². The van der Waals surface area contributed by atoms with E-state index in [0.29, 0.717) is 19.8 Å². The second kappa shape index (κ2) is 7.30. The quantitative estimate of drug-likeness (QED) is 0.589. The molecule has 0 spiro atoms. The molecule has 0 saturated carbocycles. The molecule has 80 valence electrons. The van der Waals surface area contributed by atoms with Crippen molar-refractivity contribution in [1.82, 2.24) is 0 Å². The molecule has 0 atom stereocenters. The summed E-state index contributed by atoms with van der Waals surface area (Å²) in [5, 5.41) is 0. The summed E-state index contributed by atoms with van der Waals surface area (Å²) in [6.07, 6.45) is 2.30. The number of unbranched alkanes of at least 4 members (excludes halogenated alkanes) is 1. The molecule has 0 unspecified atom stereocenters. The molecule has 0 aliphatic carbocycles. The van der Waals surface area contributed by atoms with Gasteiger partial charge < -0.3 is 15.2 Å². The number of hydrogen-bond acceptors (Lipinski definition) is 3. The Balaban J connectivity index is 3.00. The van der Waals surface area contributed by atoms with Crippen molar-refractivity contribution < 1.29 is 9.47 Å². The van der Waals surface area contributed by atoms with Crippen LogP contribution in [-0.4, -0.2) is 32.0 Å². The first kappa shape index (κ1) is 12.9. The summed E-state index contributed by atoms with van der Waals surface area (Å²) >= 11 is 0. The van der Waals surface area contributed by atoms with E-state index in [4.69, 9.17) is 15.2 Å². The normalized spacial score (nSPS) is 12.0.